The smallest absolute Gasteiger partial charge is 0.244 e. The van der Waals surface area contributed by atoms with Crippen LogP contribution in [-0.4, -0.2) is 54.6 Å². The van der Waals surface area contributed by atoms with Crippen LogP contribution in [0, 0.1) is 12.8 Å². The van der Waals surface area contributed by atoms with E-state index in [2.05, 4.69) is 9.97 Å². The largest absolute Gasteiger partial charge is 0.375 e. The van der Waals surface area contributed by atoms with Gasteiger partial charge in [0.05, 0.1) is 17.9 Å². The van der Waals surface area contributed by atoms with Gasteiger partial charge in [-0.15, -0.1) is 0 Å². The predicted octanol–water partition coefficient (Wildman–Crippen LogP) is 2.95. The van der Waals surface area contributed by atoms with E-state index in [-0.39, 0.29) is 10.5 Å². The first-order valence-corrected chi connectivity index (χ1v) is 12.0. The van der Waals surface area contributed by atoms with Gasteiger partial charge in [-0.1, -0.05) is 6.07 Å². The van der Waals surface area contributed by atoms with E-state index >= 15 is 0 Å². The van der Waals surface area contributed by atoms with Crippen molar-refractivity contribution >= 4 is 10.0 Å². The van der Waals surface area contributed by atoms with Gasteiger partial charge in [0.1, 0.15) is 4.90 Å². The lowest BCUT2D eigenvalue weighted by molar-refractivity contribution is -0.0619. The molecule has 1 spiro atoms. The Morgan fingerprint density at radius 2 is 2.07 bits per heavy atom. The summed E-state index contributed by atoms with van der Waals surface area (Å²) in [6.07, 6.45) is 6.35. The molecule has 0 bridgehead atoms. The first-order chi connectivity index (χ1) is 14.5. The number of piperidine rings is 1. The lowest BCUT2D eigenvalue weighted by Gasteiger charge is -2.41. The molecule has 8 heteroatoms. The molecule has 1 atom stereocenters. The third kappa shape index (κ3) is 4.56. The van der Waals surface area contributed by atoms with Crippen LogP contribution in [-0.2, 0) is 26.1 Å². The molecule has 4 rings (SSSR count). The van der Waals surface area contributed by atoms with E-state index in [0.717, 1.165) is 43.7 Å². The highest BCUT2D eigenvalue weighted by Gasteiger charge is 2.47. The summed E-state index contributed by atoms with van der Waals surface area (Å²) in [4.78, 5) is 8.67. The second kappa shape index (κ2) is 9.09. The van der Waals surface area contributed by atoms with Crippen molar-refractivity contribution in [3.05, 3.63) is 54.1 Å². The Hall–Kier alpha value is -1.87. The van der Waals surface area contributed by atoms with E-state index in [9.17, 15) is 8.42 Å². The van der Waals surface area contributed by atoms with E-state index in [1.54, 1.807) is 22.6 Å². The first-order valence-electron chi connectivity index (χ1n) is 10.5. The van der Waals surface area contributed by atoms with Crippen molar-refractivity contribution in [1.82, 2.24) is 14.3 Å². The summed E-state index contributed by atoms with van der Waals surface area (Å²) >= 11 is 0. The second-order valence-corrected chi connectivity index (χ2v) is 10.0. The van der Waals surface area contributed by atoms with E-state index in [1.165, 1.54) is 6.20 Å². The molecule has 2 aliphatic rings. The van der Waals surface area contributed by atoms with Crippen LogP contribution >= 0.6 is 0 Å². The van der Waals surface area contributed by atoms with Gasteiger partial charge >= 0.3 is 0 Å². The van der Waals surface area contributed by atoms with Crippen molar-refractivity contribution in [3.63, 3.8) is 0 Å². The fourth-order valence-corrected chi connectivity index (χ4v) is 5.99. The van der Waals surface area contributed by atoms with E-state index in [1.807, 2.05) is 25.1 Å². The van der Waals surface area contributed by atoms with Crippen LogP contribution in [0.15, 0.2) is 47.6 Å². The van der Waals surface area contributed by atoms with E-state index < -0.39 is 10.0 Å². The number of aryl methyl sites for hydroxylation is 1. The summed E-state index contributed by atoms with van der Waals surface area (Å²) in [7, 11) is -3.50. The zero-order chi connectivity index (χ0) is 21.0. The summed E-state index contributed by atoms with van der Waals surface area (Å²) in [6.45, 7) is 4.83. The maximum atomic E-state index is 12.9. The Kier molecular flexibility index (Phi) is 6.48. The van der Waals surface area contributed by atoms with Gasteiger partial charge in [-0.3, -0.25) is 9.97 Å². The topological polar surface area (TPSA) is 81.6 Å². The SMILES string of the molecule is Cc1cccc(COCC[C@@H]2CCOC23CCN(S(=O)(=O)c2cccnc2)CC3)n1. The molecule has 2 fully saturated rings. The molecule has 0 aliphatic carbocycles. The van der Waals surface area contributed by atoms with Gasteiger partial charge in [0, 0.05) is 44.4 Å². The van der Waals surface area contributed by atoms with Gasteiger partial charge < -0.3 is 9.47 Å². The normalized spacial score (nSPS) is 21.8. The van der Waals surface area contributed by atoms with Crippen LogP contribution in [0.2, 0.25) is 0 Å². The van der Waals surface area contributed by atoms with Crippen molar-refractivity contribution in [1.29, 1.82) is 0 Å². The molecule has 4 heterocycles. The minimum absolute atomic E-state index is 0.230. The van der Waals surface area contributed by atoms with Crippen molar-refractivity contribution < 1.29 is 17.9 Å². The number of hydrogen-bond acceptors (Lipinski definition) is 6. The maximum Gasteiger partial charge on any atom is 0.244 e. The quantitative estimate of drug-likeness (QED) is 0.627. The molecule has 0 N–H and O–H groups in total. The second-order valence-electron chi connectivity index (χ2n) is 8.10. The molecule has 162 valence electrons. The Morgan fingerprint density at radius 1 is 1.23 bits per heavy atom. The molecular formula is C22H29N3O4S. The van der Waals surface area contributed by atoms with Crippen molar-refractivity contribution in [2.24, 2.45) is 5.92 Å². The fourth-order valence-electron chi connectivity index (χ4n) is 4.58. The third-order valence-electron chi connectivity index (χ3n) is 6.25. The summed E-state index contributed by atoms with van der Waals surface area (Å²) in [6, 6.07) is 9.20. The average Bonchev–Trinajstić information content (AvgIpc) is 3.14. The highest BCUT2D eigenvalue weighted by Crippen LogP contribution is 2.43. The highest BCUT2D eigenvalue weighted by atomic mass is 32.2. The molecule has 30 heavy (non-hydrogen) atoms. The van der Waals surface area contributed by atoms with Crippen LogP contribution < -0.4 is 0 Å². The number of rotatable bonds is 7. The minimum atomic E-state index is -3.50. The van der Waals surface area contributed by atoms with Gasteiger partial charge in [-0.2, -0.15) is 4.31 Å². The lowest BCUT2D eigenvalue weighted by atomic mass is 9.78. The van der Waals surface area contributed by atoms with Crippen LogP contribution in [0.5, 0.6) is 0 Å². The van der Waals surface area contributed by atoms with Crippen molar-refractivity contribution in [2.75, 3.05) is 26.3 Å². The molecule has 0 amide bonds. The van der Waals surface area contributed by atoms with Gasteiger partial charge in [0.25, 0.3) is 0 Å². The summed E-state index contributed by atoms with van der Waals surface area (Å²) in [5, 5.41) is 0. The Morgan fingerprint density at radius 3 is 2.80 bits per heavy atom. The fraction of sp³-hybridized carbons (Fsp3) is 0.545. The Balaban J connectivity index is 1.30. The van der Waals surface area contributed by atoms with Crippen molar-refractivity contribution in [2.45, 2.75) is 49.7 Å². The van der Waals surface area contributed by atoms with Crippen LogP contribution in [0.1, 0.15) is 37.1 Å². The molecule has 2 saturated heterocycles. The highest BCUT2D eigenvalue weighted by molar-refractivity contribution is 7.89. The maximum absolute atomic E-state index is 12.9. The molecular weight excluding hydrogens is 402 g/mol. The van der Waals surface area contributed by atoms with Crippen LogP contribution in [0.4, 0.5) is 0 Å². The number of nitrogens with zero attached hydrogens (tertiary/aromatic N) is 3. The summed E-state index contributed by atoms with van der Waals surface area (Å²) in [5.74, 6) is 0.395. The van der Waals surface area contributed by atoms with E-state index in [4.69, 9.17) is 9.47 Å². The molecule has 0 aromatic carbocycles. The monoisotopic (exact) mass is 431 g/mol. The van der Waals surface area contributed by atoms with Gasteiger partial charge in [-0.05, 0) is 62.8 Å². The molecule has 7 nitrogen and oxygen atoms in total. The zero-order valence-electron chi connectivity index (χ0n) is 17.4. The van der Waals surface area contributed by atoms with Crippen molar-refractivity contribution in [3.8, 4) is 0 Å². The minimum Gasteiger partial charge on any atom is -0.375 e. The Bertz CT molecular complexity index is 944. The molecule has 2 aromatic rings. The molecule has 0 unspecified atom stereocenters. The molecule has 2 aliphatic heterocycles. The number of ether oxygens (including phenoxy) is 2. The number of pyridine rings is 2. The molecule has 0 saturated carbocycles. The van der Waals surface area contributed by atoms with Crippen LogP contribution in [0.25, 0.3) is 0 Å². The van der Waals surface area contributed by atoms with Gasteiger partial charge in [0.15, 0.2) is 0 Å². The molecule has 0 radical (unpaired) electrons. The third-order valence-corrected chi connectivity index (χ3v) is 8.13. The zero-order valence-corrected chi connectivity index (χ0v) is 18.2. The summed E-state index contributed by atoms with van der Waals surface area (Å²) in [5.41, 5.74) is 1.71. The Labute approximate surface area is 178 Å². The first kappa shape index (κ1) is 21.4. The average molecular weight is 432 g/mol. The number of hydrogen-bond donors (Lipinski definition) is 0. The lowest BCUT2D eigenvalue weighted by Crippen LogP contribution is -2.49. The van der Waals surface area contributed by atoms with Gasteiger partial charge in [0.2, 0.25) is 10.0 Å². The van der Waals surface area contributed by atoms with E-state index in [0.29, 0.717) is 32.2 Å². The van der Waals surface area contributed by atoms with Gasteiger partial charge in [-0.25, -0.2) is 8.42 Å². The molecule has 2 aromatic heterocycles. The van der Waals surface area contributed by atoms with Crippen LogP contribution in [0.3, 0.4) is 0 Å². The summed E-state index contributed by atoms with van der Waals surface area (Å²) < 4.78 is 39.3. The standard InChI is InChI=1S/C22H29N3O4S/c1-18-4-2-5-20(24-18)17-28-14-7-19-8-15-29-22(19)9-12-25(13-10-22)30(26,27)21-6-3-11-23-16-21/h2-6,11,16,19H,7-10,12-15,17H2,1H3/t19-/m1/s1. The number of aromatic nitrogens is 2. The predicted molar refractivity (Wildman–Crippen MR) is 112 cm³/mol. The number of sulfonamides is 1.